The van der Waals surface area contributed by atoms with Crippen molar-refractivity contribution >= 4 is 27.5 Å². The van der Waals surface area contributed by atoms with E-state index in [2.05, 4.69) is 27.0 Å². The molecule has 1 aliphatic carbocycles. The highest BCUT2D eigenvalue weighted by atomic mass is 79.9. The Bertz CT molecular complexity index is 617. The number of halogens is 2. The number of hydrogen-bond acceptors (Lipinski definition) is 2. The van der Waals surface area contributed by atoms with Crippen molar-refractivity contribution < 1.29 is 5.11 Å². The lowest BCUT2D eigenvalue weighted by atomic mass is 9.93. The van der Waals surface area contributed by atoms with E-state index in [0.717, 1.165) is 28.6 Å². The molecule has 2 aromatic rings. The van der Waals surface area contributed by atoms with Gasteiger partial charge < -0.3 is 5.11 Å². The van der Waals surface area contributed by atoms with Gasteiger partial charge in [-0.25, -0.2) is 0 Å². The smallest absolute Gasteiger partial charge is 0.0884 e. The summed E-state index contributed by atoms with van der Waals surface area (Å²) in [6.07, 6.45) is 3.15. The van der Waals surface area contributed by atoms with Gasteiger partial charge in [0.15, 0.2) is 0 Å². The van der Waals surface area contributed by atoms with Crippen molar-refractivity contribution in [2.45, 2.75) is 24.9 Å². The molecule has 0 aliphatic heterocycles. The average Bonchev–Trinajstić information content (AvgIpc) is 2.82. The van der Waals surface area contributed by atoms with E-state index in [4.69, 9.17) is 11.6 Å². The maximum atomic E-state index is 10.6. The van der Waals surface area contributed by atoms with E-state index in [1.54, 1.807) is 12.3 Å². The van der Waals surface area contributed by atoms with Crippen LogP contribution >= 0.6 is 27.5 Å². The maximum Gasteiger partial charge on any atom is 0.0884 e. The van der Waals surface area contributed by atoms with Crippen molar-refractivity contribution in [3.8, 4) is 0 Å². The van der Waals surface area contributed by atoms with Gasteiger partial charge in [-0.05, 0) is 42.2 Å². The van der Waals surface area contributed by atoms with Crippen LogP contribution in [-0.4, -0.2) is 10.1 Å². The zero-order chi connectivity index (χ0) is 13.4. The Hall–Kier alpha value is -0.900. The predicted molar refractivity (Wildman–Crippen MR) is 79.4 cm³/mol. The molecular formula is C15H13BrClNO. The summed E-state index contributed by atoms with van der Waals surface area (Å²) in [6, 6.07) is 9.53. The molecule has 98 valence electrons. The van der Waals surface area contributed by atoms with Crippen molar-refractivity contribution in [1.29, 1.82) is 0 Å². The average molecular weight is 339 g/mol. The van der Waals surface area contributed by atoms with Crippen LogP contribution < -0.4 is 0 Å². The van der Waals surface area contributed by atoms with Crippen molar-refractivity contribution in [1.82, 2.24) is 4.98 Å². The van der Waals surface area contributed by atoms with Crippen LogP contribution in [0.1, 0.15) is 35.3 Å². The minimum atomic E-state index is -0.553. The van der Waals surface area contributed by atoms with Crippen LogP contribution in [0.25, 0.3) is 0 Å². The zero-order valence-corrected chi connectivity index (χ0v) is 12.5. The molecule has 2 atom stereocenters. The van der Waals surface area contributed by atoms with E-state index >= 15 is 0 Å². The molecule has 2 nitrogen and oxygen atoms in total. The summed E-state index contributed by atoms with van der Waals surface area (Å²) in [5, 5.41) is 11.3. The third-order valence-electron chi connectivity index (χ3n) is 3.66. The molecule has 1 N–H and O–H groups in total. The molecule has 4 heteroatoms. The number of rotatable bonds is 2. The number of hydrogen-bond donors (Lipinski definition) is 1. The van der Waals surface area contributed by atoms with Gasteiger partial charge >= 0.3 is 0 Å². The third-order valence-corrected chi connectivity index (χ3v) is 4.59. The third kappa shape index (κ3) is 2.42. The van der Waals surface area contributed by atoms with E-state index in [0.29, 0.717) is 5.02 Å². The summed E-state index contributed by atoms with van der Waals surface area (Å²) in [5.41, 5.74) is 3.14. The molecule has 1 aliphatic rings. The second kappa shape index (κ2) is 5.23. The summed E-state index contributed by atoms with van der Waals surface area (Å²) in [5.74, 6) is 0.0636. The zero-order valence-electron chi connectivity index (χ0n) is 10.2. The molecule has 0 bridgehead atoms. The van der Waals surface area contributed by atoms with Crippen LogP contribution in [0, 0.1) is 0 Å². The minimum absolute atomic E-state index is 0.0636. The lowest BCUT2D eigenvalue weighted by Gasteiger charge is -2.20. The Balaban J connectivity index is 1.95. The highest BCUT2D eigenvalue weighted by Crippen LogP contribution is 2.42. The maximum absolute atomic E-state index is 10.6. The lowest BCUT2D eigenvalue weighted by molar-refractivity contribution is 0.142. The Morgan fingerprint density at radius 2 is 2.21 bits per heavy atom. The highest BCUT2D eigenvalue weighted by molar-refractivity contribution is 9.10. The Labute approximate surface area is 125 Å². The molecule has 1 heterocycles. The predicted octanol–water partition coefficient (Wildman–Crippen LogP) is 4.26. The summed E-state index contributed by atoms with van der Waals surface area (Å²) >= 11 is 9.41. The normalized spacial score (nSPS) is 19.2. The molecule has 0 spiro atoms. The van der Waals surface area contributed by atoms with Gasteiger partial charge in [0.05, 0.1) is 6.10 Å². The van der Waals surface area contributed by atoms with Crippen molar-refractivity contribution in [3.05, 3.63) is 62.8 Å². The first-order chi connectivity index (χ1) is 9.16. The van der Waals surface area contributed by atoms with Gasteiger partial charge in [0.25, 0.3) is 0 Å². The minimum Gasteiger partial charge on any atom is -0.388 e. The number of aryl methyl sites for hydroxylation is 1. The molecule has 2 unspecified atom stereocenters. The topological polar surface area (TPSA) is 33.1 Å². The van der Waals surface area contributed by atoms with E-state index in [1.165, 1.54) is 5.56 Å². The number of benzene rings is 1. The molecular weight excluding hydrogens is 326 g/mol. The molecule has 0 saturated carbocycles. The van der Waals surface area contributed by atoms with Gasteiger partial charge in [0, 0.05) is 27.3 Å². The molecule has 0 amide bonds. The number of fused-ring (bicyclic) bond motifs is 1. The molecule has 0 fully saturated rings. The fourth-order valence-corrected chi connectivity index (χ4v) is 3.63. The van der Waals surface area contributed by atoms with Crippen molar-refractivity contribution in [2.24, 2.45) is 0 Å². The molecule has 0 radical (unpaired) electrons. The molecule has 1 aromatic carbocycles. The van der Waals surface area contributed by atoms with Crippen molar-refractivity contribution in [2.75, 3.05) is 0 Å². The van der Waals surface area contributed by atoms with E-state index in [-0.39, 0.29) is 5.92 Å². The van der Waals surface area contributed by atoms with Gasteiger partial charge in [-0.1, -0.05) is 39.7 Å². The van der Waals surface area contributed by atoms with Crippen LogP contribution in [0.15, 0.2) is 41.0 Å². The van der Waals surface area contributed by atoms with E-state index in [1.807, 2.05) is 18.2 Å². The number of aliphatic hydroxyl groups is 1. The standard InChI is InChI=1S/C15H13BrClNO/c16-13-8-10(17)4-6-11(13)15(19)12-5-3-9-2-1-7-18-14(9)12/h1-2,4,6-8,12,15,19H,3,5H2. The largest absolute Gasteiger partial charge is 0.388 e. The number of aromatic nitrogens is 1. The number of pyridine rings is 1. The SMILES string of the molecule is OC(c1ccc(Cl)cc1Br)C1CCc2cccnc21. The van der Waals surface area contributed by atoms with Crippen LogP contribution in [0.5, 0.6) is 0 Å². The second-order valence-electron chi connectivity index (χ2n) is 4.80. The first kappa shape index (κ1) is 13.1. The first-order valence-corrected chi connectivity index (χ1v) is 7.40. The summed E-state index contributed by atoms with van der Waals surface area (Å²) in [6.45, 7) is 0. The highest BCUT2D eigenvalue weighted by Gasteiger charge is 2.31. The number of aliphatic hydroxyl groups excluding tert-OH is 1. The first-order valence-electron chi connectivity index (χ1n) is 6.23. The van der Waals surface area contributed by atoms with Gasteiger partial charge in [0.2, 0.25) is 0 Å². The van der Waals surface area contributed by atoms with Gasteiger partial charge in [-0.15, -0.1) is 0 Å². The second-order valence-corrected chi connectivity index (χ2v) is 6.09. The van der Waals surface area contributed by atoms with Gasteiger partial charge in [-0.3, -0.25) is 4.98 Å². The fraction of sp³-hybridized carbons (Fsp3) is 0.267. The fourth-order valence-electron chi connectivity index (χ4n) is 2.71. The van der Waals surface area contributed by atoms with Crippen LogP contribution in [-0.2, 0) is 6.42 Å². The van der Waals surface area contributed by atoms with Crippen LogP contribution in [0.3, 0.4) is 0 Å². The number of nitrogens with zero attached hydrogens (tertiary/aromatic N) is 1. The summed E-state index contributed by atoms with van der Waals surface area (Å²) in [7, 11) is 0. The summed E-state index contributed by atoms with van der Waals surface area (Å²) in [4.78, 5) is 4.43. The lowest BCUT2D eigenvalue weighted by Crippen LogP contribution is -2.10. The van der Waals surface area contributed by atoms with Crippen LogP contribution in [0.2, 0.25) is 5.02 Å². The molecule has 0 saturated heterocycles. The summed E-state index contributed by atoms with van der Waals surface area (Å²) < 4.78 is 0.844. The quantitative estimate of drug-likeness (QED) is 0.887. The van der Waals surface area contributed by atoms with Crippen molar-refractivity contribution in [3.63, 3.8) is 0 Å². The molecule has 3 rings (SSSR count). The molecule has 1 aromatic heterocycles. The van der Waals surface area contributed by atoms with E-state index < -0.39 is 6.10 Å². The Morgan fingerprint density at radius 3 is 3.00 bits per heavy atom. The Kier molecular flexibility index (Phi) is 3.61. The van der Waals surface area contributed by atoms with Crippen LogP contribution in [0.4, 0.5) is 0 Å². The van der Waals surface area contributed by atoms with E-state index in [9.17, 15) is 5.11 Å². The molecule has 19 heavy (non-hydrogen) atoms. The van der Waals surface area contributed by atoms with Gasteiger partial charge in [-0.2, -0.15) is 0 Å². The Morgan fingerprint density at radius 1 is 1.37 bits per heavy atom. The van der Waals surface area contributed by atoms with Gasteiger partial charge in [0.1, 0.15) is 0 Å². The monoisotopic (exact) mass is 337 g/mol.